The van der Waals surface area contributed by atoms with Crippen LogP contribution in [0.15, 0.2) is 36.4 Å². The van der Waals surface area contributed by atoms with Crippen LogP contribution in [-0.4, -0.2) is 10.2 Å². The van der Waals surface area contributed by atoms with Crippen molar-refractivity contribution >= 4 is 0 Å². The zero-order chi connectivity index (χ0) is 18.9. The monoisotopic (exact) mass is 364 g/mol. The molecule has 1 saturated carbocycles. The lowest BCUT2D eigenvalue weighted by Crippen LogP contribution is -2.14. The lowest BCUT2D eigenvalue weighted by Gasteiger charge is -2.27. The van der Waals surface area contributed by atoms with Crippen molar-refractivity contribution in [2.75, 3.05) is 0 Å². The number of hydrogen-bond donors (Lipinski definition) is 0. The molecule has 0 unspecified atom stereocenters. The summed E-state index contributed by atoms with van der Waals surface area (Å²) in [5.41, 5.74) is 4.80. The zero-order valence-corrected chi connectivity index (χ0v) is 17.3. The molecule has 0 saturated heterocycles. The minimum Gasteiger partial charge on any atom is -0.155 e. The standard InChI is InChI=1S/C25H36N2/c1-3-5-6-7-9-21-12-16-23(17-13-21)25-19-18-24(26-27-25)22-14-10-20(8-4-2)11-15-22/h12-13,16-20,22H,3-11,14-15H2,1-2H3/t20-,22-. The Hall–Kier alpha value is -1.70. The fourth-order valence-electron chi connectivity index (χ4n) is 4.47. The van der Waals surface area contributed by atoms with Crippen LogP contribution in [0.5, 0.6) is 0 Å². The van der Waals surface area contributed by atoms with E-state index in [-0.39, 0.29) is 0 Å². The molecule has 1 heterocycles. The van der Waals surface area contributed by atoms with E-state index < -0.39 is 0 Å². The van der Waals surface area contributed by atoms with Gasteiger partial charge in [0.05, 0.1) is 11.4 Å². The highest BCUT2D eigenvalue weighted by Crippen LogP contribution is 2.36. The summed E-state index contributed by atoms with van der Waals surface area (Å²) in [7, 11) is 0. The van der Waals surface area contributed by atoms with Crippen LogP contribution in [0.2, 0.25) is 0 Å². The molecule has 1 aromatic heterocycles. The Labute approximate surface area is 165 Å². The van der Waals surface area contributed by atoms with Crippen molar-refractivity contribution in [3.05, 3.63) is 47.7 Å². The zero-order valence-electron chi connectivity index (χ0n) is 17.3. The third-order valence-corrected chi connectivity index (χ3v) is 6.22. The highest BCUT2D eigenvalue weighted by Gasteiger charge is 2.23. The Bertz CT molecular complexity index is 652. The Kier molecular flexibility index (Phi) is 7.86. The third-order valence-electron chi connectivity index (χ3n) is 6.22. The molecule has 0 N–H and O–H groups in total. The number of hydrogen-bond acceptors (Lipinski definition) is 2. The molecular formula is C25H36N2. The van der Waals surface area contributed by atoms with Gasteiger partial charge in [-0.3, -0.25) is 0 Å². The first-order chi connectivity index (χ1) is 13.3. The molecule has 2 nitrogen and oxygen atoms in total. The summed E-state index contributed by atoms with van der Waals surface area (Å²) in [6, 6.07) is 13.3. The molecule has 0 spiro atoms. The van der Waals surface area contributed by atoms with Gasteiger partial charge in [-0.05, 0) is 62.1 Å². The van der Waals surface area contributed by atoms with Gasteiger partial charge < -0.3 is 0 Å². The number of nitrogens with zero attached hydrogens (tertiary/aromatic N) is 2. The van der Waals surface area contributed by atoms with E-state index in [1.807, 2.05) is 0 Å². The van der Waals surface area contributed by atoms with Gasteiger partial charge in [0, 0.05) is 11.5 Å². The molecule has 0 aliphatic heterocycles. The average Bonchev–Trinajstić information content (AvgIpc) is 2.73. The van der Waals surface area contributed by atoms with Crippen LogP contribution < -0.4 is 0 Å². The average molecular weight is 365 g/mol. The smallest absolute Gasteiger partial charge is 0.0929 e. The predicted molar refractivity (Wildman–Crippen MR) is 115 cm³/mol. The number of aromatic nitrogens is 2. The van der Waals surface area contributed by atoms with Gasteiger partial charge in [0.2, 0.25) is 0 Å². The topological polar surface area (TPSA) is 25.8 Å². The molecule has 2 heteroatoms. The Morgan fingerprint density at radius 2 is 1.56 bits per heavy atom. The van der Waals surface area contributed by atoms with Crippen molar-refractivity contribution in [3.63, 3.8) is 0 Å². The summed E-state index contributed by atoms with van der Waals surface area (Å²) in [5, 5.41) is 9.14. The third kappa shape index (κ3) is 5.89. The number of aryl methyl sites for hydroxylation is 1. The number of benzene rings is 1. The first kappa shape index (κ1) is 20.0. The van der Waals surface area contributed by atoms with Gasteiger partial charge >= 0.3 is 0 Å². The van der Waals surface area contributed by atoms with Crippen LogP contribution in [0.25, 0.3) is 11.3 Å². The normalized spacial score (nSPS) is 19.9. The summed E-state index contributed by atoms with van der Waals surface area (Å²) < 4.78 is 0. The second-order valence-electron chi connectivity index (χ2n) is 8.36. The molecule has 0 radical (unpaired) electrons. The van der Waals surface area contributed by atoms with Crippen LogP contribution in [0, 0.1) is 5.92 Å². The Morgan fingerprint density at radius 1 is 0.778 bits per heavy atom. The highest BCUT2D eigenvalue weighted by molar-refractivity contribution is 5.58. The van der Waals surface area contributed by atoms with Crippen LogP contribution in [-0.2, 0) is 6.42 Å². The van der Waals surface area contributed by atoms with Crippen LogP contribution in [0.1, 0.15) is 95.2 Å². The fraction of sp³-hybridized carbons (Fsp3) is 0.600. The molecule has 2 aromatic rings. The quantitative estimate of drug-likeness (QED) is 0.435. The lowest BCUT2D eigenvalue weighted by molar-refractivity contribution is 0.304. The second-order valence-corrected chi connectivity index (χ2v) is 8.36. The van der Waals surface area contributed by atoms with E-state index in [9.17, 15) is 0 Å². The fourth-order valence-corrected chi connectivity index (χ4v) is 4.47. The van der Waals surface area contributed by atoms with E-state index in [0.29, 0.717) is 5.92 Å². The number of unbranched alkanes of at least 4 members (excludes halogenated alkanes) is 3. The maximum atomic E-state index is 4.59. The summed E-state index contributed by atoms with van der Waals surface area (Å²) in [5.74, 6) is 1.56. The molecule has 1 aliphatic rings. The van der Waals surface area contributed by atoms with E-state index in [2.05, 4.69) is 60.4 Å². The largest absolute Gasteiger partial charge is 0.155 e. The van der Waals surface area contributed by atoms with Gasteiger partial charge in [0.15, 0.2) is 0 Å². The van der Waals surface area contributed by atoms with Gasteiger partial charge in [0.1, 0.15) is 0 Å². The first-order valence-corrected chi connectivity index (χ1v) is 11.2. The maximum Gasteiger partial charge on any atom is 0.0929 e. The molecule has 3 rings (SSSR count). The van der Waals surface area contributed by atoms with Crippen molar-refractivity contribution in [1.82, 2.24) is 10.2 Å². The predicted octanol–water partition coefficient (Wildman–Crippen LogP) is 7.34. The molecule has 1 aromatic carbocycles. The van der Waals surface area contributed by atoms with Gasteiger partial charge in [-0.1, -0.05) is 70.2 Å². The van der Waals surface area contributed by atoms with Crippen LogP contribution in [0.3, 0.4) is 0 Å². The minimum absolute atomic E-state index is 0.616. The number of rotatable bonds is 9. The SMILES string of the molecule is CCCCCCc1ccc(-c2ccc([C@H]3CC[C@H](CCC)CC3)nn2)cc1. The summed E-state index contributed by atoms with van der Waals surface area (Å²) >= 11 is 0. The molecular weight excluding hydrogens is 328 g/mol. The van der Waals surface area contributed by atoms with Gasteiger partial charge in [-0.2, -0.15) is 10.2 Å². The molecule has 0 atom stereocenters. The summed E-state index contributed by atoms with van der Waals surface area (Å²) in [4.78, 5) is 0. The van der Waals surface area contributed by atoms with E-state index in [4.69, 9.17) is 0 Å². The first-order valence-electron chi connectivity index (χ1n) is 11.2. The highest BCUT2D eigenvalue weighted by atomic mass is 15.1. The van der Waals surface area contributed by atoms with Gasteiger partial charge in [0.25, 0.3) is 0 Å². The van der Waals surface area contributed by atoms with E-state index in [1.54, 1.807) is 0 Å². The molecule has 27 heavy (non-hydrogen) atoms. The Balaban J connectivity index is 1.54. The van der Waals surface area contributed by atoms with Crippen molar-refractivity contribution in [2.45, 2.75) is 90.4 Å². The summed E-state index contributed by atoms with van der Waals surface area (Å²) in [6.45, 7) is 4.56. The minimum atomic E-state index is 0.616. The van der Waals surface area contributed by atoms with Crippen LogP contribution in [0.4, 0.5) is 0 Å². The van der Waals surface area contributed by atoms with Gasteiger partial charge in [-0.25, -0.2) is 0 Å². The molecule has 0 bridgehead atoms. The Morgan fingerprint density at radius 3 is 2.19 bits per heavy atom. The molecule has 0 amide bonds. The van der Waals surface area contributed by atoms with Crippen molar-refractivity contribution < 1.29 is 0 Å². The van der Waals surface area contributed by atoms with E-state index in [0.717, 1.165) is 11.6 Å². The molecule has 1 aliphatic carbocycles. The lowest BCUT2D eigenvalue weighted by atomic mass is 9.79. The molecule has 146 valence electrons. The van der Waals surface area contributed by atoms with Crippen LogP contribution >= 0.6 is 0 Å². The van der Waals surface area contributed by atoms with Crippen molar-refractivity contribution in [3.8, 4) is 11.3 Å². The van der Waals surface area contributed by atoms with Gasteiger partial charge in [-0.15, -0.1) is 0 Å². The van der Waals surface area contributed by atoms with E-state index >= 15 is 0 Å². The second kappa shape index (κ2) is 10.6. The molecule has 1 fully saturated rings. The van der Waals surface area contributed by atoms with Crippen molar-refractivity contribution in [1.29, 1.82) is 0 Å². The maximum absolute atomic E-state index is 4.59. The van der Waals surface area contributed by atoms with E-state index in [1.165, 1.54) is 87.4 Å². The summed E-state index contributed by atoms with van der Waals surface area (Å²) in [6.07, 6.45) is 14.5. The van der Waals surface area contributed by atoms with Crippen molar-refractivity contribution in [2.24, 2.45) is 5.92 Å².